The summed E-state index contributed by atoms with van der Waals surface area (Å²) in [5.74, 6) is 0. The van der Waals surface area contributed by atoms with E-state index >= 15 is 0 Å². The average Bonchev–Trinajstić information content (AvgIpc) is 2.70. The predicted molar refractivity (Wildman–Crippen MR) is 52.6 cm³/mol. The van der Waals surface area contributed by atoms with Crippen LogP contribution < -0.4 is 0 Å². The second kappa shape index (κ2) is 2.13. The molecule has 1 aromatic carbocycles. The van der Waals surface area contributed by atoms with Gasteiger partial charge in [-0.15, -0.1) is 0 Å². The van der Waals surface area contributed by atoms with E-state index in [1.54, 1.807) is 0 Å². The Morgan fingerprint density at radius 1 is 1.31 bits per heavy atom. The molecule has 0 fully saturated rings. The van der Waals surface area contributed by atoms with Crippen LogP contribution in [0, 0.1) is 0 Å². The molecule has 3 aromatic rings. The lowest BCUT2D eigenvalue weighted by molar-refractivity contribution is 0.799. The zero-order valence-electron chi connectivity index (χ0n) is 7.28. The lowest BCUT2D eigenvalue weighted by Crippen LogP contribution is -1.88. The van der Waals surface area contributed by atoms with Gasteiger partial charge < -0.3 is 5.10 Å². The molecule has 0 aliphatic heterocycles. The van der Waals surface area contributed by atoms with Crippen molar-refractivity contribution in [3.8, 4) is 0 Å². The van der Waals surface area contributed by atoms with Crippen molar-refractivity contribution in [2.45, 2.75) is 0 Å². The summed E-state index contributed by atoms with van der Waals surface area (Å²) < 4.78 is 2.01. The van der Waals surface area contributed by atoms with E-state index in [0.717, 1.165) is 5.52 Å². The van der Waals surface area contributed by atoms with E-state index in [2.05, 4.69) is 16.1 Å². The summed E-state index contributed by atoms with van der Waals surface area (Å²) in [6.45, 7) is 0. The monoisotopic (exact) mass is 171 g/mol. The summed E-state index contributed by atoms with van der Waals surface area (Å²) in [7, 11) is 2.01. The summed E-state index contributed by atoms with van der Waals surface area (Å²) >= 11 is 0. The third-order valence-electron chi connectivity index (χ3n) is 2.43. The highest BCUT2D eigenvalue weighted by molar-refractivity contribution is 6.04. The SMILES string of the molecule is Cn1[nH]cc2ccc3nccc3c21. The number of hydrogen-bond acceptors (Lipinski definition) is 1. The lowest BCUT2D eigenvalue weighted by atomic mass is 10.2. The summed E-state index contributed by atoms with van der Waals surface area (Å²) in [5.41, 5.74) is 2.28. The highest BCUT2D eigenvalue weighted by Gasteiger charge is 2.04. The number of H-pyrrole nitrogens is 1. The molecule has 0 aliphatic carbocycles. The molecule has 0 aliphatic rings. The van der Waals surface area contributed by atoms with E-state index in [0.29, 0.717) is 0 Å². The topological polar surface area (TPSA) is 33.6 Å². The fourth-order valence-corrected chi connectivity index (χ4v) is 1.80. The number of aromatic nitrogens is 3. The molecule has 0 saturated heterocycles. The normalized spacial score (nSPS) is 11.5. The van der Waals surface area contributed by atoms with Crippen molar-refractivity contribution in [1.82, 2.24) is 14.8 Å². The molecule has 13 heavy (non-hydrogen) atoms. The van der Waals surface area contributed by atoms with Crippen molar-refractivity contribution < 1.29 is 0 Å². The minimum Gasteiger partial charge on any atom is -0.305 e. The first-order valence-corrected chi connectivity index (χ1v) is 4.24. The van der Waals surface area contributed by atoms with Crippen molar-refractivity contribution in [2.75, 3.05) is 0 Å². The number of nitrogens with one attached hydrogen (secondary N) is 1. The van der Waals surface area contributed by atoms with Gasteiger partial charge in [0, 0.05) is 30.2 Å². The highest BCUT2D eigenvalue weighted by atomic mass is 15.2. The number of aryl methyl sites for hydroxylation is 1. The van der Waals surface area contributed by atoms with E-state index in [1.165, 1.54) is 16.3 Å². The van der Waals surface area contributed by atoms with Crippen LogP contribution >= 0.6 is 0 Å². The van der Waals surface area contributed by atoms with Gasteiger partial charge in [0.1, 0.15) is 0 Å². The number of benzene rings is 1. The van der Waals surface area contributed by atoms with E-state index in [-0.39, 0.29) is 0 Å². The van der Waals surface area contributed by atoms with Gasteiger partial charge in [0.15, 0.2) is 0 Å². The molecule has 3 nitrogen and oxygen atoms in total. The Bertz CT molecular complexity index is 574. The van der Waals surface area contributed by atoms with Crippen LogP contribution in [0.2, 0.25) is 0 Å². The summed E-state index contributed by atoms with van der Waals surface area (Å²) in [6.07, 6.45) is 3.85. The minimum absolute atomic E-state index is 1.06. The highest BCUT2D eigenvalue weighted by Crippen LogP contribution is 2.23. The van der Waals surface area contributed by atoms with Crippen LogP contribution in [0.25, 0.3) is 21.8 Å². The second-order valence-corrected chi connectivity index (χ2v) is 3.21. The zero-order chi connectivity index (χ0) is 8.84. The molecule has 64 valence electrons. The summed E-state index contributed by atoms with van der Waals surface area (Å²) in [6, 6.07) is 6.18. The Kier molecular flexibility index (Phi) is 1.10. The molecule has 2 aromatic heterocycles. The van der Waals surface area contributed by atoms with Crippen molar-refractivity contribution >= 4 is 21.8 Å². The molecule has 0 atom stereocenters. The predicted octanol–water partition coefficient (Wildman–Crippen LogP) is 2.05. The maximum atomic E-state index is 4.26. The average molecular weight is 171 g/mol. The Balaban J connectivity index is 2.70. The number of rotatable bonds is 0. The fraction of sp³-hybridized carbons (Fsp3) is 0.100. The van der Waals surface area contributed by atoms with Crippen molar-refractivity contribution in [3.63, 3.8) is 0 Å². The molecule has 3 rings (SSSR count). The smallest absolute Gasteiger partial charge is 0.0750 e. The van der Waals surface area contributed by atoms with Crippen LogP contribution in [0.4, 0.5) is 0 Å². The molecule has 1 N–H and O–H groups in total. The maximum absolute atomic E-state index is 4.26. The van der Waals surface area contributed by atoms with Crippen LogP contribution in [0.1, 0.15) is 0 Å². The lowest BCUT2D eigenvalue weighted by Gasteiger charge is -1.96. The molecular formula is C10H9N3. The van der Waals surface area contributed by atoms with Crippen molar-refractivity contribution in [3.05, 3.63) is 30.6 Å². The maximum Gasteiger partial charge on any atom is 0.0750 e. The summed E-state index contributed by atoms with van der Waals surface area (Å²) in [4.78, 5) is 4.26. The van der Waals surface area contributed by atoms with Crippen LogP contribution in [-0.4, -0.2) is 14.8 Å². The number of fused-ring (bicyclic) bond motifs is 3. The van der Waals surface area contributed by atoms with Gasteiger partial charge in [-0.1, -0.05) is 0 Å². The van der Waals surface area contributed by atoms with Gasteiger partial charge in [0.25, 0.3) is 0 Å². The summed E-state index contributed by atoms with van der Waals surface area (Å²) in [5, 5.41) is 5.58. The molecule has 0 radical (unpaired) electrons. The van der Waals surface area contributed by atoms with Gasteiger partial charge >= 0.3 is 0 Å². The largest absolute Gasteiger partial charge is 0.305 e. The van der Waals surface area contributed by atoms with E-state index in [9.17, 15) is 0 Å². The first kappa shape index (κ1) is 6.71. The minimum atomic E-state index is 1.06. The van der Waals surface area contributed by atoms with Crippen LogP contribution in [0.3, 0.4) is 0 Å². The molecular weight excluding hydrogens is 162 g/mol. The van der Waals surface area contributed by atoms with Crippen molar-refractivity contribution in [2.24, 2.45) is 7.05 Å². The fourth-order valence-electron chi connectivity index (χ4n) is 1.80. The van der Waals surface area contributed by atoms with Gasteiger partial charge in [-0.2, -0.15) is 0 Å². The molecule has 3 heteroatoms. The Morgan fingerprint density at radius 2 is 2.23 bits per heavy atom. The van der Waals surface area contributed by atoms with Gasteiger partial charge in [0.05, 0.1) is 11.0 Å². The third kappa shape index (κ3) is 0.758. The van der Waals surface area contributed by atoms with Crippen LogP contribution in [0.5, 0.6) is 0 Å². The van der Waals surface area contributed by atoms with Crippen LogP contribution in [0.15, 0.2) is 30.6 Å². The zero-order valence-corrected chi connectivity index (χ0v) is 7.28. The second-order valence-electron chi connectivity index (χ2n) is 3.21. The van der Waals surface area contributed by atoms with Crippen LogP contribution in [-0.2, 0) is 7.05 Å². The quantitative estimate of drug-likeness (QED) is 0.551. The number of hydrogen-bond donors (Lipinski definition) is 1. The Hall–Kier alpha value is -1.77. The van der Waals surface area contributed by atoms with Gasteiger partial charge in [-0.05, 0) is 18.2 Å². The van der Waals surface area contributed by atoms with Gasteiger partial charge in [0.2, 0.25) is 0 Å². The number of nitrogens with zero attached hydrogens (tertiary/aromatic N) is 2. The van der Waals surface area contributed by atoms with E-state index in [1.807, 2.05) is 36.3 Å². The molecule has 0 saturated carbocycles. The first-order chi connectivity index (χ1) is 6.36. The Labute approximate surface area is 75.0 Å². The molecule has 0 amide bonds. The first-order valence-electron chi connectivity index (χ1n) is 4.24. The molecule has 0 unspecified atom stereocenters. The van der Waals surface area contributed by atoms with Gasteiger partial charge in [-0.3, -0.25) is 9.67 Å². The Morgan fingerprint density at radius 3 is 3.15 bits per heavy atom. The third-order valence-corrected chi connectivity index (χ3v) is 2.43. The molecule has 2 heterocycles. The van der Waals surface area contributed by atoms with E-state index in [4.69, 9.17) is 0 Å². The van der Waals surface area contributed by atoms with Crippen molar-refractivity contribution in [1.29, 1.82) is 0 Å². The number of aromatic amines is 1. The molecule has 0 bridgehead atoms. The van der Waals surface area contributed by atoms with Gasteiger partial charge in [-0.25, -0.2) is 0 Å². The molecule has 0 spiro atoms. The standard InChI is InChI=1S/C10H9N3/c1-13-10-7(6-12-13)2-3-9-8(10)4-5-11-9/h2-6,12H,1H3. The van der Waals surface area contributed by atoms with E-state index < -0.39 is 0 Å².